The molecular weight excluding hydrogens is 110 g/mol. The molecule has 1 N–H and O–H groups in total. The number of carbonyl (C=O) groups excluding carboxylic acids is 1. The van der Waals surface area contributed by atoms with Crippen LogP contribution in [0.5, 0.6) is 0 Å². The van der Waals surface area contributed by atoms with Gasteiger partial charge in [-0.3, -0.25) is 0 Å². The quantitative estimate of drug-likeness (QED) is 0.291. The van der Waals surface area contributed by atoms with Crippen molar-refractivity contribution in [3.63, 3.8) is 0 Å². The van der Waals surface area contributed by atoms with Crippen LogP contribution in [0.25, 0.3) is 0 Å². The van der Waals surface area contributed by atoms with Crippen molar-refractivity contribution in [2.75, 3.05) is 0 Å². The third-order valence-electron chi connectivity index (χ3n) is 0. The summed E-state index contributed by atoms with van der Waals surface area (Å²) in [6.45, 7) is 0. The maximum Gasteiger partial charge on any atom is 3.00 e. The van der Waals surface area contributed by atoms with Gasteiger partial charge in [-0.2, -0.15) is 0 Å². The van der Waals surface area contributed by atoms with Gasteiger partial charge in [-0.15, -0.1) is 0 Å². The summed E-state index contributed by atoms with van der Waals surface area (Å²) >= 11 is 0. The van der Waals surface area contributed by atoms with Crippen molar-refractivity contribution in [2.45, 2.75) is 0 Å². The zero-order valence-electron chi connectivity index (χ0n) is 4.75. The van der Waals surface area contributed by atoms with Crippen LogP contribution in [-0.4, -0.2) is 29.0 Å². The third-order valence-corrected chi connectivity index (χ3v) is 0. The summed E-state index contributed by atoms with van der Waals surface area (Å²) < 4.78 is 0. The fraction of sp³-hybridized carbons (Fsp3) is 0. The molecule has 34 valence electrons. The van der Waals surface area contributed by atoms with E-state index in [1.807, 2.05) is 0 Å². The van der Waals surface area contributed by atoms with Crippen LogP contribution in [0.3, 0.4) is 0 Å². The molecule has 0 radical (unpaired) electrons. The van der Waals surface area contributed by atoms with Crippen LogP contribution in [0.15, 0.2) is 0 Å². The Hall–Kier alpha value is 0.360. The van der Waals surface area contributed by atoms with Crippen LogP contribution < -0.4 is 29.1 Å². The van der Waals surface area contributed by atoms with Crippen molar-refractivity contribution >= 4 is 23.5 Å². The summed E-state index contributed by atoms with van der Waals surface area (Å²) in [4.78, 5) is 8.33. The zero-order chi connectivity index (χ0) is 3.58. The summed E-state index contributed by atoms with van der Waals surface area (Å²) in [5.74, 6) is 0. The first-order valence-electron chi connectivity index (χ1n) is 0.612. The van der Waals surface area contributed by atoms with E-state index >= 15 is 0 Å². The van der Waals surface area contributed by atoms with E-state index in [1.54, 1.807) is 0 Å². The van der Waals surface area contributed by atoms with Gasteiger partial charge in [0, 0.05) is 0 Å². The van der Waals surface area contributed by atoms with Crippen LogP contribution >= 0.6 is 0 Å². The van der Waals surface area contributed by atoms with Crippen LogP contribution in [0, 0.1) is 0 Å². The smallest absolute Gasteiger partial charge is 1.00 e. The van der Waals surface area contributed by atoms with Gasteiger partial charge in [-0.25, -0.2) is 0 Å². The molecule has 0 aliphatic heterocycles. The molecule has 0 aromatic rings. The molecule has 0 saturated heterocycles. The average Bonchev–Trinajstić information content (AvgIpc) is 0.811. The largest absolute Gasteiger partial charge is 3.00 e. The Kier molecular flexibility index (Phi) is 61.0. The SMILES string of the molecule is O=C([O-])[O-].[Al+3].[H-].[Li+].[OH-]. The van der Waals surface area contributed by atoms with Gasteiger partial charge in [0.1, 0.15) is 0 Å². The molecule has 0 saturated carbocycles. The Balaban J connectivity index is -0.00000000750. The summed E-state index contributed by atoms with van der Waals surface area (Å²) in [6.07, 6.45) is -2.33. The molecule has 0 unspecified atom stereocenters. The van der Waals surface area contributed by atoms with E-state index in [2.05, 4.69) is 0 Å². The molecule has 0 aliphatic carbocycles. The van der Waals surface area contributed by atoms with Crippen molar-refractivity contribution in [3.8, 4) is 0 Å². The Bertz CT molecular complexity index is 39.0. The van der Waals surface area contributed by atoms with Gasteiger partial charge in [-0.1, -0.05) is 0 Å². The molecule has 0 heterocycles. The molecule has 0 bridgehead atoms. The first-order valence-corrected chi connectivity index (χ1v) is 0.612. The molecular formula is CH2AlLiO4. The zero-order valence-corrected chi connectivity index (χ0v) is 4.90. The maximum absolute atomic E-state index is 8.33. The minimum absolute atomic E-state index is 0. The van der Waals surface area contributed by atoms with Crippen molar-refractivity contribution in [1.82, 2.24) is 0 Å². The van der Waals surface area contributed by atoms with Crippen LogP contribution in [-0.2, 0) is 0 Å². The fourth-order valence-electron chi connectivity index (χ4n) is 0. The summed E-state index contributed by atoms with van der Waals surface area (Å²) in [6, 6.07) is 0. The first-order chi connectivity index (χ1) is 1.73. The number of hydrogen-bond donors (Lipinski definition) is 0. The molecule has 4 nitrogen and oxygen atoms in total. The van der Waals surface area contributed by atoms with Crippen LogP contribution in [0.4, 0.5) is 4.79 Å². The van der Waals surface area contributed by atoms with Gasteiger partial charge in [0.25, 0.3) is 0 Å². The maximum atomic E-state index is 8.33. The molecule has 7 heavy (non-hydrogen) atoms. The van der Waals surface area contributed by atoms with Gasteiger partial charge in [0.2, 0.25) is 0 Å². The van der Waals surface area contributed by atoms with Crippen LogP contribution in [0.2, 0.25) is 0 Å². The molecule has 0 amide bonds. The van der Waals surface area contributed by atoms with Crippen molar-refractivity contribution in [3.05, 3.63) is 0 Å². The molecule has 0 aliphatic rings. The topological polar surface area (TPSA) is 93.2 Å². The second-order valence-corrected chi connectivity index (χ2v) is 0.250. The Morgan fingerprint density at radius 2 is 1.43 bits per heavy atom. The molecule has 6 heteroatoms. The first kappa shape index (κ1) is 26.4. The molecule has 0 spiro atoms. The van der Waals surface area contributed by atoms with Crippen molar-refractivity contribution in [1.29, 1.82) is 0 Å². The molecule has 0 atom stereocenters. The Labute approximate surface area is 64.6 Å². The van der Waals surface area contributed by atoms with Crippen molar-refractivity contribution in [2.24, 2.45) is 0 Å². The second-order valence-electron chi connectivity index (χ2n) is 0.250. The summed E-state index contributed by atoms with van der Waals surface area (Å²) in [7, 11) is 0. The van der Waals surface area contributed by atoms with Crippen LogP contribution in [0.1, 0.15) is 1.43 Å². The average molecular weight is 112 g/mol. The van der Waals surface area contributed by atoms with Gasteiger partial charge in [-0.05, 0) is 6.16 Å². The van der Waals surface area contributed by atoms with Gasteiger partial charge in [0.05, 0.1) is 0 Å². The van der Waals surface area contributed by atoms with E-state index in [0.717, 1.165) is 0 Å². The third kappa shape index (κ3) is 933. The van der Waals surface area contributed by atoms with Gasteiger partial charge < -0.3 is 21.9 Å². The monoisotopic (exact) mass is 112 g/mol. The molecule has 0 rings (SSSR count). The van der Waals surface area contributed by atoms with Gasteiger partial charge >= 0.3 is 36.2 Å². The van der Waals surface area contributed by atoms with Gasteiger partial charge in [0.15, 0.2) is 0 Å². The second kappa shape index (κ2) is 16.2. The Morgan fingerprint density at radius 3 is 1.43 bits per heavy atom. The van der Waals surface area contributed by atoms with E-state index in [0.29, 0.717) is 0 Å². The normalized spacial score (nSPS) is 3.43. The summed E-state index contributed by atoms with van der Waals surface area (Å²) in [5, 5.41) is 16.7. The number of carbonyl (C=O) groups is 1. The number of carboxylic acid groups (broad SMARTS) is 2. The predicted molar refractivity (Wildman–Crippen MR) is 14.2 cm³/mol. The standard InChI is InChI=1S/CH2O3.Al.Li.H2O.H/c2-1(3)4;;;;/h(H2,2,3,4);;;1H2;/q;+3;+1;;-1/p-3. The molecule has 0 fully saturated rings. The minimum atomic E-state index is -2.33. The minimum Gasteiger partial charge on any atom is -1.00 e. The summed E-state index contributed by atoms with van der Waals surface area (Å²) in [5.41, 5.74) is 0. The molecule has 0 aromatic heterocycles. The van der Waals surface area contributed by atoms with E-state index < -0.39 is 6.16 Å². The Morgan fingerprint density at radius 1 is 1.43 bits per heavy atom. The van der Waals surface area contributed by atoms with E-state index in [4.69, 9.17) is 15.0 Å². The van der Waals surface area contributed by atoms with E-state index in [1.165, 1.54) is 0 Å². The number of hydrogen-bond acceptors (Lipinski definition) is 4. The van der Waals surface area contributed by atoms with E-state index in [9.17, 15) is 0 Å². The molecule has 0 aromatic carbocycles. The van der Waals surface area contributed by atoms with Crippen molar-refractivity contribution < 1.29 is 40.8 Å². The fourth-order valence-corrected chi connectivity index (χ4v) is 0. The number of rotatable bonds is 0. The van der Waals surface area contributed by atoms with E-state index in [-0.39, 0.29) is 43.1 Å². The predicted octanol–water partition coefficient (Wildman–Crippen LogP) is -5.89.